The number of hydrogen-bond donors (Lipinski definition) is 3. The summed E-state index contributed by atoms with van der Waals surface area (Å²) in [5.41, 5.74) is 7.11. The maximum absolute atomic E-state index is 12.7. The minimum Gasteiger partial charge on any atom is -0.345 e. The molecule has 1 amide bonds. The fourth-order valence-electron chi connectivity index (χ4n) is 3.10. The molecule has 2 aromatic carbocycles. The minimum absolute atomic E-state index is 0.0394. The number of aryl methyl sites for hydroxylation is 1. The molecule has 1 atom stereocenters. The Morgan fingerprint density at radius 3 is 2.52 bits per heavy atom. The molecule has 3 rings (SSSR count). The Morgan fingerprint density at radius 1 is 1.19 bits per heavy atom. The third kappa shape index (κ3) is 4.48. The molecule has 6 nitrogen and oxygen atoms in total. The van der Waals surface area contributed by atoms with Crippen LogP contribution in [0.25, 0.3) is 0 Å². The summed E-state index contributed by atoms with van der Waals surface area (Å²) < 4.78 is 27.9. The second kappa shape index (κ2) is 7.32. The first-order valence-corrected chi connectivity index (χ1v) is 10.4. The molecule has 1 saturated carbocycles. The predicted octanol–water partition coefficient (Wildman–Crippen LogP) is 2.65. The zero-order valence-corrected chi connectivity index (χ0v) is 16.3. The molecule has 0 bridgehead atoms. The van der Waals surface area contributed by atoms with Gasteiger partial charge in [0.15, 0.2) is 0 Å². The second-order valence-corrected chi connectivity index (χ2v) is 9.04. The number of anilines is 1. The van der Waals surface area contributed by atoms with Crippen molar-refractivity contribution in [2.24, 2.45) is 11.7 Å². The van der Waals surface area contributed by atoms with Gasteiger partial charge in [0, 0.05) is 17.8 Å². The van der Waals surface area contributed by atoms with E-state index in [4.69, 9.17) is 5.73 Å². The van der Waals surface area contributed by atoms with Gasteiger partial charge in [0.1, 0.15) is 0 Å². The van der Waals surface area contributed by atoms with Crippen LogP contribution in [0.5, 0.6) is 0 Å². The predicted molar refractivity (Wildman–Crippen MR) is 106 cm³/mol. The smallest absolute Gasteiger partial charge is 0.261 e. The molecule has 144 valence electrons. The highest BCUT2D eigenvalue weighted by molar-refractivity contribution is 7.92. The minimum atomic E-state index is -3.79. The first-order valence-electron chi connectivity index (χ1n) is 8.96. The van der Waals surface area contributed by atoms with E-state index in [-0.39, 0.29) is 10.8 Å². The van der Waals surface area contributed by atoms with Gasteiger partial charge in [-0.25, -0.2) is 8.42 Å². The summed E-state index contributed by atoms with van der Waals surface area (Å²) >= 11 is 0. The van der Waals surface area contributed by atoms with Gasteiger partial charge in [-0.2, -0.15) is 0 Å². The van der Waals surface area contributed by atoms with Gasteiger partial charge < -0.3 is 11.1 Å². The zero-order valence-electron chi connectivity index (χ0n) is 15.5. The molecule has 4 N–H and O–H groups in total. The number of amides is 1. The van der Waals surface area contributed by atoms with Gasteiger partial charge in [-0.15, -0.1) is 0 Å². The third-order valence-electron chi connectivity index (χ3n) is 4.98. The average molecular weight is 388 g/mol. The van der Waals surface area contributed by atoms with Gasteiger partial charge in [0.05, 0.1) is 10.4 Å². The second-order valence-electron chi connectivity index (χ2n) is 7.35. The van der Waals surface area contributed by atoms with E-state index in [2.05, 4.69) is 10.0 Å². The van der Waals surface area contributed by atoms with E-state index in [1.165, 1.54) is 12.1 Å². The van der Waals surface area contributed by atoms with Crippen molar-refractivity contribution < 1.29 is 13.2 Å². The quantitative estimate of drug-likeness (QED) is 0.680. The molecular weight excluding hydrogens is 362 g/mol. The fraction of sp³-hybridized carbons (Fsp3) is 0.350. The van der Waals surface area contributed by atoms with E-state index < -0.39 is 15.6 Å². The standard InChI is InChI=1S/C20H25N3O3S/c1-14-5-3-7-17(11-14)23-27(25,26)18-8-4-6-15(12-18)19(24)22-20(2,13-21)16-9-10-16/h3-8,11-12,16,23H,9-10,13,21H2,1-2H3,(H,22,24). The van der Waals surface area contributed by atoms with Crippen LogP contribution in [0.4, 0.5) is 5.69 Å². The molecule has 0 aromatic heterocycles. The largest absolute Gasteiger partial charge is 0.345 e. The van der Waals surface area contributed by atoms with Crippen LogP contribution in [0, 0.1) is 12.8 Å². The molecule has 1 unspecified atom stereocenters. The number of rotatable bonds is 7. The van der Waals surface area contributed by atoms with Gasteiger partial charge in [0.25, 0.3) is 15.9 Å². The third-order valence-corrected chi connectivity index (χ3v) is 6.36. The molecule has 7 heteroatoms. The maximum Gasteiger partial charge on any atom is 0.261 e. The summed E-state index contributed by atoms with van der Waals surface area (Å²) in [5.74, 6) is 0.0591. The van der Waals surface area contributed by atoms with Gasteiger partial charge in [-0.3, -0.25) is 9.52 Å². The highest BCUT2D eigenvalue weighted by Crippen LogP contribution is 2.39. The molecule has 0 spiro atoms. The van der Waals surface area contributed by atoms with Crippen molar-refractivity contribution in [1.82, 2.24) is 5.32 Å². The van der Waals surface area contributed by atoms with Crippen molar-refractivity contribution >= 4 is 21.6 Å². The van der Waals surface area contributed by atoms with Crippen LogP contribution < -0.4 is 15.8 Å². The van der Waals surface area contributed by atoms with Crippen molar-refractivity contribution in [3.63, 3.8) is 0 Å². The highest BCUT2D eigenvalue weighted by Gasteiger charge is 2.41. The molecule has 1 fully saturated rings. The van der Waals surface area contributed by atoms with E-state index in [1.54, 1.807) is 30.3 Å². The zero-order chi connectivity index (χ0) is 19.7. The Hall–Kier alpha value is -2.38. The first-order chi connectivity index (χ1) is 12.7. The average Bonchev–Trinajstić information content (AvgIpc) is 3.47. The number of carbonyl (C=O) groups is 1. The van der Waals surface area contributed by atoms with Crippen LogP contribution >= 0.6 is 0 Å². The van der Waals surface area contributed by atoms with E-state index in [0.29, 0.717) is 23.7 Å². The van der Waals surface area contributed by atoms with Crippen LogP contribution in [-0.4, -0.2) is 26.4 Å². The molecule has 0 saturated heterocycles. The lowest BCUT2D eigenvalue weighted by Crippen LogP contribution is -2.53. The van der Waals surface area contributed by atoms with E-state index in [1.807, 2.05) is 19.9 Å². The lowest BCUT2D eigenvalue weighted by atomic mass is 9.95. The van der Waals surface area contributed by atoms with Gasteiger partial charge >= 0.3 is 0 Å². The van der Waals surface area contributed by atoms with Crippen molar-refractivity contribution in [2.75, 3.05) is 11.3 Å². The van der Waals surface area contributed by atoms with Crippen LogP contribution in [0.15, 0.2) is 53.4 Å². The van der Waals surface area contributed by atoms with Gasteiger partial charge in [-0.05, 0) is 68.5 Å². The molecule has 27 heavy (non-hydrogen) atoms. The summed E-state index contributed by atoms with van der Waals surface area (Å²) in [5, 5.41) is 2.98. The van der Waals surface area contributed by atoms with Crippen LogP contribution in [-0.2, 0) is 10.0 Å². The van der Waals surface area contributed by atoms with Crippen molar-refractivity contribution in [2.45, 2.75) is 37.1 Å². The fourth-order valence-corrected chi connectivity index (χ4v) is 4.19. The van der Waals surface area contributed by atoms with Crippen molar-refractivity contribution in [1.29, 1.82) is 0 Å². The molecule has 1 aliphatic carbocycles. The van der Waals surface area contributed by atoms with Gasteiger partial charge in [0.2, 0.25) is 0 Å². The lowest BCUT2D eigenvalue weighted by molar-refractivity contribution is 0.0897. The van der Waals surface area contributed by atoms with E-state index in [0.717, 1.165) is 18.4 Å². The summed E-state index contributed by atoms with van der Waals surface area (Å²) in [6.07, 6.45) is 2.09. The lowest BCUT2D eigenvalue weighted by Gasteiger charge is -2.29. The number of carbonyl (C=O) groups excluding carboxylic acids is 1. The Balaban J connectivity index is 1.81. The van der Waals surface area contributed by atoms with Gasteiger partial charge in [-0.1, -0.05) is 18.2 Å². The number of nitrogens with two attached hydrogens (primary N) is 1. The molecule has 2 aromatic rings. The summed E-state index contributed by atoms with van der Waals surface area (Å²) in [7, 11) is -3.79. The number of benzene rings is 2. The van der Waals surface area contributed by atoms with Crippen LogP contribution in [0.2, 0.25) is 0 Å². The Morgan fingerprint density at radius 2 is 1.89 bits per heavy atom. The summed E-state index contributed by atoms with van der Waals surface area (Å²) in [4.78, 5) is 12.7. The number of hydrogen-bond acceptors (Lipinski definition) is 4. The van der Waals surface area contributed by atoms with Crippen LogP contribution in [0.1, 0.15) is 35.7 Å². The monoisotopic (exact) mass is 387 g/mol. The van der Waals surface area contributed by atoms with Crippen molar-refractivity contribution in [3.05, 3.63) is 59.7 Å². The molecule has 1 aliphatic rings. The highest BCUT2D eigenvalue weighted by atomic mass is 32.2. The summed E-state index contributed by atoms with van der Waals surface area (Å²) in [6, 6.07) is 13.1. The Labute approximate surface area is 160 Å². The summed E-state index contributed by atoms with van der Waals surface area (Å²) in [6.45, 7) is 4.16. The normalized spacial score (nSPS) is 16.4. The maximum atomic E-state index is 12.7. The topological polar surface area (TPSA) is 101 Å². The SMILES string of the molecule is Cc1cccc(NS(=O)(=O)c2cccc(C(=O)NC(C)(CN)C3CC3)c2)c1. The molecule has 0 aliphatic heterocycles. The van der Waals surface area contributed by atoms with Crippen molar-refractivity contribution in [3.8, 4) is 0 Å². The van der Waals surface area contributed by atoms with Crippen LogP contribution in [0.3, 0.4) is 0 Å². The number of nitrogens with one attached hydrogen (secondary N) is 2. The Kier molecular flexibility index (Phi) is 5.26. The molecule has 0 heterocycles. The Bertz CT molecular complexity index is 954. The number of sulfonamides is 1. The first kappa shape index (κ1) is 19.4. The molecular formula is C20H25N3O3S. The van der Waals surface area contributed by atoms with E-state index >= 15 is 0 Å². The van der Waals surface area contributed by atoms with E-state index in [9.17, 15) is 13.2 Å². The molecule has 0 radical (unpaired) electrons.